The molecule has 2 N–H and O–H groups in total. The van der Waals surface area contributed by atoms with Gasteiger partial charge in [0.15, 0.2) is 0 Å². The highest BCUT2D eigenvalue weighted by atomic mass is 16.5. The lowest BCUT2D eigenvalue weighted by molar-refractivity contribution is -0.145. The summed E-state index contributed by atoms with van der Waals surface area (Å²) < 4.78 is 4.69. The molecule has 7 nitrogen and oxygen atoms in total. The van der Waals surface area contributed by atoms with E-state index < -0.39 is 24.0 Å². The Morgan fingerprint density at radius 2 is 1.82 bits per heavy atom. The maximum atomic E-state index is 12.3. The number of carbonyl (C=O) groups is 3. The van der Waals surface area contributed by atoms with E-state index in [1.807, 2.05) is 6.07 Å². The molecule has 2 amide bonds. The second-order valence-electron chi connectivity index (χ2n) is 5.41. The molecule has 0 aromatic rings. The number of methoxy groups -OCH3 is 1. The van der Waals surface area contributed by atoms with Crippen LogP contribution in [0.1, 0.15) is 46.5 Å². The van der Waals surface area contributed by atoms with Crippen molar-refractivity contribution in [2.24, 2.45) is 5.92 Å². The fourth-order valence-electron chi connectivity index (χ4n) is 1.96. The first-order valence-electron chi connectivity index (χ1n) is 7.35. The molecule has 0 saturated carbocycles. The number of nitriles is 1. The summed E-state index contributed by atoms with van der Waals surface area (Å²) in [4.78, 5) is 35.2. The van der Waals surface area contributed by atoms with E-state index in [1.54, 1.807) is 13.8 Å². The van der Waals surface area contributed by atoms with Crippen molar-refractivity contribution in [3.05, 3.63) is 0 Å². The Morgan fingerprint density at radius 3 is 2.27 bits per heavy atom. The van der Waals surface area contributed by atoms with E-state index in [0.29, 0.717) is 25.7 Å². The van der Waals surface area contributed by atoms with Gasteiger partial charge in [0.2, 0.25) is 11.8 Å². The van der Waals surface area contributed by atoms with E-state index in [9.17, 15) is 14.4 Å². The zero-order chi connectivity index (χ0) is 17.1. The summed E-state index contributed by atoms with van der Waals surface area (Å²) in [6.07, 6.45) is 2.08. The SMILES string of the molecule is COC(=O)[C@@H](CCCCC#N)NC(=O)[C@H](NC(C)=O)C(C)C. The third-order valence-electron chi connectivity index (χ3n) is 3.14. The van der Waals surface area contributed by atoms with Crippen LogP contribution in [0.25, 0.3) is 0 Å². The Labute approximate surface area is 131 Å². The molecule has 0 aliphatic carbocycles. The van der Waals surface area contributed by atoms with Crippen molar-refractivity contribution in [3.8, 4) is 6.07 Å². The lowest BCUT2D eigenvalue weighted by Gasteiger charge is -2.24. The van der Waals surface area contributed by atoms with Crippen LogP contribution in [0.3, 0.4) is 0 Å². The Kier molecular flexibility index (Phi) is 9.59. The maximum absolute atomic E-state index is 12.3. The van der Waals surface area contributed by atoms with E-state index >= 15 is 0 Å². The average Bonchev–Trinajstić information content (AvgIpc) is 2.46. The first-order chi connectivity index (χ1) is 10.3. The highest BCUT2D eigenvalue weighted by Crippen LogP contribution is 2.08. The monoisotopic (exact) mass is 311 g/mol. The van der Waals surface area contributed by atoms with Crippen molar-refractivity contribution in [3.63, 3.8) is 0 Å². The van der Waals surface area contributed by atoms with Crippen LogP contribution in [0, 0.1) is 17.2 Å². The van der Waals surface area contributed by atoms with Gasteiger partial charge in [0, 0.05) is 13.3 Å². The highest BCUT2D eigenvalue weighted by Gasteiger charge is 2.28. The fourth-order valence-corrected chi connectivity index (χ4v) is 1.96. The molecule has 124 valence electrons. The minimum Gasteiger partial charge on any atom is -0.467 e. The second-order valence-corrected chi connectivity index (χ2v) is 5.41. The summed E-state index contributed by atoms with van der Waals surface area (Å²) in [5.74, 6) is -1.37. The largest absolute Gasteiger partial charge is 0.467 e. The summed E-state index contributed by atoms with van der Waals surface area (Å²) in [5.41, 5.74) is 0. The molecule has 0 aromatic carbocycles. The Bertz CT molecular complexity index is 429. The third kappa shape index (κ3) is 7.62. The second kappa shape index (κ2) is 10.6. The van der Waals surface area contributed by atoms with Gasteiger partial charge in [0.05, 0.1) is 13.2 Å². The van der Waals surface area contributed by atoms with Crippen molar-refractivity contribution in [1.82, 2.24) is 10.6 Å². The van der Waals surface area contributed by atoms with Gasteiger partial charge in [-0.15, -0.1) is 0 Å². The minimum atomic E-state index is -0.772. The first-order valence-corrected chi connectivity index (χ1v) is 7.35. The Balaban J connectivity index is 4.73. The molecule has 0 aliphatic rings. The summed E-state index contributed by atoms with van der Waals surface area (Å²) in [6.45, 7) is 4.95. The molecule has 22 heavy (non-hydrogen) atoms. The first kappa shape index (κ1) is 19.9. The number of nitrogens with zero attached hydrogens (tertiary/aromatic N) is 1. The van der Waals surface area contributed by atoms with Crippen LogP contribution in [0.15, 0.2) is 0 Å². The van der Waals surface area contributed by atoms with Gasteiger partial charge >= 0.3 is 5.97 Å². The normalized spacial score (nSPS) is 12.9. The predicted octanol–water partition coefficient (Wildman–Crippen LogP) is 0.889. The van der Waals surface area contributed by atoms with Gasteiger partial charge in [0.25, 0.3) is 0 Å². The zero-order valence-electron chi connectivity index (χ0n) is 13.6. The van der Waals surface area contributed by atoms with Gasteiger partial charge in [0.1, 0.15) is 12.1 Å². The van der Waals surface area contributed by atoms with Crippen molar-refractivity contribution in [2.45, 2.75) is 58.5 Å². The van der Waals surface area contributed by atoms with Gasteiger partial charge in [-0.2, -0.15) is 5.26 Å². The smallest absolute Gasteiger partial charge is 0.328 e. The zero-order valence-corrected chi connectivity index (χ0v) is 13.6. The van der Waals surface area contributed by atoms with Gasteiger partial charge in [-0.05, 0) is 25.2 Å². The number of amides is 2. The van der Waals surface area contributed by atoms with Crippen molar-refractivity contribution < 1.29 is 19.1 Å². The molecular weight excluding hydrogens is 286 g/mol. The topological polar surface area (TPSA) is 108 Å². The number of hydrogen-bond donors (Lipinski definition) is 2. The predicted molar refractivity (Wildman–Crippen MR) is 80.5 cm³/mol. The van der Waals surface area contributed by atoms with Crippen LogP contribution < -0.4 is 10.6 Å². The van der Waals surface area contributed by atoms with Gasteiger partial charge in [-0.1, -0.05) is 13.8 Å². The van der Waals surface area contributed by atoms with Crippen LogP contribution in [0.4, 0.5) is 0 Å². The van der Waals surface area contributed by atoms with E-state index in [4.69, 9.17) is 5.26 Å². The van der Waals surface area contributed by atoms with E-state index in [1.165, 1.54) is 14.0 Å². The number of nitrogens with one attached hydrogen (secondary N) is 2. The van der Waals surface area contributed by atoms with Crippen molar-refractivity contribution >= 4 is 17.8 Å². The van der Waals surface area contributed by atoms with Gasteiger partial charge in [-0.25, -0.2) is 4.79 Å². The van der Waals surface area contributed by atoms with Crippen LogP contribution in [0.5, 0.6) is 0 Å². The fraction of sp³-hybridized carbons (Fsp3) is 0.733. The molecule has 0 radical (unpaired) electrons. The van der Waals surface area contributed by atoms with Gasteiger partial charge in [-0.3, -0.25) is 9.59 Å². The molecule has 0 aromatic heterocycles. The lowest BCUT2D eigenvalue weighted by atomic mass is 10.0. The minimum absolute atomic E-state index is 0.110. The molecule has 0 saturated heterocycles. The van der Waals surface area contributed by atoms with Crippen LogP contribution in [-0.4, -0.2) is 37.0 Å². The molecular formula is C15H25N3O4. The summed E-state index contributed by atoms with van der Waals surface area (Å²) in [7, 11) is 1.25. The summed E-state index contributed by atoms with van der Waals surface area (Å²) in [6, 6.07) is 0.552. The van der Waals surface area contributed by atoms with E-state index in [2.05, 4.69) is 15.4 Å². The lowest BCUT2D eigenvalue weighted by Crippen LogP contribution is -2.53. The number of unbranched alkanes of at least 4 members (excludes halogenated alkanes) is 2. The third-order valence-corrected chi connectivity index (χ3v) is 3.14. The van der Waals surface area contributed by atoms with Crippen LogP contribution >= 0.6 is 0 Å². The average molecular weight is 311 g/mol. The molecule has 0 rings (SSSR count). The number of esters is 1. The molecule has 0 aliphatic heterocycles. The molecule has 7 heteroatoms. The van der Waals surface area contributed by atoms with E-state index in [0.717, 1.165) is 0 Å². The summed E-state index contributed by atoms with van der Waals surface area (Å²) >= 11 is 0. The quantitative estimate of drug-likeness (QED) is 0.485. The standard InChI is InChI=1S/C15H25N3O4/c1-10(2)13(17-11(3)19)14(20)18-12(15(21)22-4)8-6-5-7-9-16/h10,12-13H,5-8H2,1-4H3,(H,17,19)(H,18,20)/t12-,13-/m1/s1. The number of rotatable bonds is 9. The molecule has 2 atom stereocenters. The highest BCUT2D eigenvalue weighted by molar-refractivity contribution is 5.90. The van der Waals surface area contributed by atoms with Gasteiger partial charge < -0.3 is 15.4 Å². The maximum Gasteiger partial charge on any atom is 0.328 e. The Morgan fingerprint density at radius 1 is 1.18 bits per heavy atom. The molecule has 0 spiro atoms. The Hall–Kier alpha value is -2.10. The van der Waals surface area contributed by atoms with Crippen molar-refractivity contribution in [1.29, 1.82) is 5.26 Å². The summed E-state index contributed by atoms with van der Waals surface area (Å²) in [5, 5.41) is 13.7. The number of ether oxygens (including phenoxy) is 1. The molecule has 0 unspecified atom stereocenters. The van der Waals surface area contributed by atoms with Crippen LogP contribution in [-0.2, 0) is 19.1 Å². The van der Waals surface area contributed by atoms with Crippen molar-refractivity contribution in [2.75, 3.05) is 7.11 Å². The molecule has 0 heterocycles. The number of hydrogen-bond acceptors (Lipinski definition) is 5. The molecule has 0 bridgehead atoms. The number of carbonyl (C=O) groups excluding carboxylic acids is 3. The molecule has 0 fully saturated rings. The van der Waals surface area contributed by atoms with Crippen LogP contribution in [0.2, 0.25) is 0 Å². The van der Waals surface area contributed by atoms with E-state index in [-0.39, 0.29) is 11.8 Å².